The second kappa shape index (κ2) is 8.03. The minimum Gasteiger partial charge on any atom is -0.450 e. The van der Waals surface area contributed by atoms with Crippen LogP contribution < -0.4 is 5.32 Å². The molecule has 0 aromatic rings. The van der Waals surface area contributed by atoms with E-state index in [9.17, 15) is 9.59 Å². The van der Waals surface area contributed by atoms with Gasteiger partial charge in [-0.25, -0.2) is 9.59 Å². The van der Waals surface area contributed by atoms with Crippen LogP contribution in [-0.2, 0) is 9.47 Å². The average molecular weight is 202 g/mol. The monoisotopic (exact) mass is 202 g/mol. The van der Waals surface area contributed by atoms with Crippen LogP contribution in [0.15, 0.2) is 4.99 Å². The van der Waals surface area contributed by atoms with Crippen LogP contribution in [0.5, 0.6) is 0 Å². The van der Waals surface area contributed by atoms with Gasteiger partial charge in [-0.05, 0) is 13.8 Å². The smallest absolute Gasteiger partial charge is 0.433 e. The fraction of sp³-hybridized carbons (Fsp3) is 0.625. The first kappa shape index (κ1) is 12.4. The van der Waals surface area contributed by atoms with Crippen LogP contribution in [0.2, 0.25) is 0 Å². The van der Waals surface area contributed by atoms with Gasteiger partial charge in [-0.3, -0.25) is 0 Å². The number of carbonyl (C=O) groups is 2. The quantitative estimate of drug-likeness (QED) is 0.689. The minimum atomic E-state index is -0.668. The lowest BCUT2D eigenvalue weighted by molar-refractivity contribution is 0.153. The summed E-state index contributed by atoms with van der Waals surface area (Å²) in [6, 6.07) is 0. The van der Waals surface area contributed by atoms with Crippen molar-refractivity contribution in [2.24, 2.45) is 4.99 Å². The van der Waals surface area contributed by atoms with Crippen molar-refractivity contribution in [1.29, 1.82) is 0 Å². The zero-order valence-corrected chi connectivity index (χ0v) is 8.28. The van der Waals surface area contributed by atoms with Gasteiger partial charge in [0.05, 0.1) is 19.8 Å². The molecule has 0 heterocycles. The zero-order chi connectivity index (χ0) is 10.8. The van der Waals surface area contributed by atoms with Crippen molar-refractivity contribution in [3.8, 4) is 0 Å². The summed E-state index contributed by atoms with van der Waals surface area (Å²) in [5, 5.41) is 2.36. The van der Waals surface area contributed by atoms with Gasteiger partial charge < -0.3 is 14.8 Å². The van der Waals surface area contributed by atoms with Crippen LogP contribution >= 0.6 is 0 Å². The average Bonchev–Trinajstić information content (AvgIpc) is 2.13. The largest absolute Gasteiger partial charge is 0.450 e. The lowest BCUT2D eigenvalue weighted by Gasteiger charge is -2.00. The molecule has 0 spiro atoms. The van der Waals surface area contributed by atoms with E-state index >= 15 is 0 Å². The fourth-order valence-electron chi connectivity index (χ4n) is 0.592. The van der Waals surface area contributed by atoms with Crippen molar-refractivity contribution in [2.75, 3.05) is 19.8 Å². The van der Waals surface area contributed by atoms with Gasteiger partial charge in [0.2, 0.25) is 0 Å². The van der Waals surface area contributed by atoms with E-state index in [0.29, 0.717) is 6.61 Å². The first-order valence-electron chi connectivity index (χ1n) is 4.30. The maximum absolute atomic E-state index is 10.7. The molecule has 1 N–H and O–H groups in total. The summed E-state index contributed by atoms with van der Waals surface area (Å²) in [4.78, 5) is 24.7. The molecule has 0 radical (unpaired) electrons. The van der Waals surface area contributed by atoms with Crippen LogP contribution in [0.4, 0.5) is 9.59 Å². The van der Waals surface area contributed by atoms with Crippen molar-refractivity contribution in [2.45, 2.75) is 13.8 Å². The highest BCUT2D eigenvalue weighted by molar-refractivity contribution is 5.81. The summed E-state index contributed by atoms with van der Waals surface area (Å²) in [5.74, 6) is 0. The number of amides is 2. The van der Waals surface area contributed by atoms with Gasteiger partial charge >= 0.3 is 12.2 Å². The molecule has 0 bridgehead atoms. The topological polar surface area (TPSA) is 77.0 Å². The molecule has 0 aliphatic rings. The number of nitrogens with one attached hydrogen (secondary N) is 1. The molecule has 80 valence electrons. The lowest BCUT2D eigenvalue weighted by Crippen LogP contribution is -2.26. The zero-order valence-electron chi connectivity index (χ0n) is 8.28. The van der Waals surface area contributed by atoms with E-state index in [4.69, 9.17) is 0 Å². The molecule has 0 saturated carbocycles. The molecule has 6 heteroatoms. The van der Waals surface area contributed by atoms with Gasteiger partial charge in [-0.1, -0.05) is 0 Å². The molecule has 0 aliphatic carbocycles. The van der Waals surface area contributed by atoms with Crippen LogP contribution in [0, 0.1) is 0 Å². The third-order valence-electron chi connectivity index (χ3n) is 1.08. The molecule has 6 nitrogen and oxygen atoms in total. The van der Waals surface area contributed by atoms with Gasteiger partial charge in [0.25, 0.3) is 0 Å². The Kier molecular flexibility index (Phi) is 7.12. The fourth-order valence-corrected chi connectivity index (χ4v) is 0.592. The third-order valence-corrected chi connectivity index (χ3v) is 1.08. The number of rotatable bonds is 4. The van der Waals surface area contributed by atoms with Gasteiger partial charge in [0.1, 0.15) is 0 Å². The van der Waals surface area contributed by atoms with Crippen LogP contribution in [0.1, 0.15) is 13.8 Å². The van der Waals surface area contributed by atoms with E-state index in [2.05, 4.69) is 19.8 Å². The van der Waals surface area contributed by atoms with Gasteiger partial charge in [0.15, 0.2) is 0 Å². The molecule has 0 aromatic carbocycles. The number of aliphatic imine (C=N–C) groups is 1. The highest BCUT2D eigenvalue weighted by Gasteiger charge is 1.97. The Labute approximate surface area is 82.3 Å². The van der Waals surface area contributed by atoms with E-state index in [1.54, 1.807) is 13.8 Å². The summed E-state index contributed by atoms with van der Waals surface area (Å²) in [5.41, 5.74) is 0. The molecule has 14 heavy (non-hydrogen) atoms. The maximum atomic E-state index is 10.7. The molecule has 0 aliphatic heterocycles. The lowest BCUT2D eigenvalue weighted by atomic mass is 10.7. The normalized spacial score (nSPS) is 9.86. The number of nitrogens with zero attached hydrogens (tertiary/aromatic N) is 1. The number of carbonyl (C=O) groups excluding carboxylic acids is 2. The van der Waals surface area contributed by atoms with E-state index in [0.717, 1.165) is 0 Å². The first-order valence-corrected chi connectivity index (χ1v) is 4.30. The van der Waals surface area contributed by atoms with E-state index < -0.39 is 12.2 Å². The molecule has 0 atom stereocenters. The molecule has 0 saturated heterocycles. The SMILES string of the molecule is CCOC(=O)N=CCNC(=O)OCC. The molecule has 0 fully saturated rings. The predicted molar refractivity (Wildman–Crippen MR) is 50.5 cm³/mol. The highest BCUT2D eigenvalue weighted by atomic mass is 16.5. The van der Waals surface area contributed by atoms with Crippen molar-refractivity contribution < 1.29 is 19.1 Å². The van der Waals surface area contributed by atoms with Gasteiger partial charge in [-0.2, -0.15) is 4.99 Å². The molecular weight excluding hydrogens is 188 g/mol. The molecule has 0 aromatic heterocycles. The molecular formula is C8H14N2O4. The number of hydrogen-bond acceptors (Lipinski definition) is 4. The Bertz CT molecular complexity index is 215. The van der Waals surface area contributed by atoms with Crippen molar-refractivity contribution in [1.82, 2.24) is 5.32 Å². The second-order valence-electron chi connectivity index (χ2n) is 2.11. The summed E-state index contributed by atoms with van der Waals surface area (Å²) in [7, 11) is 0. The Morgan fingerprint density at radius 3 is 2.50 bits per heavy atom. The van der Waals surface area contributed by atoms with Gasteiger partial charge in [0, 0.05) is 6.21 Å². The number of hydrogen-bond donors (Lipinski definition) is 1. The predicted octanol–water partition coefficient (Wildman–Crippen LogP) is 0.960. The van der Waals surface area contributed by atoms with E-state index in [1.165, 1.54) is 6.21 Å². The Hall–Kier alpha value is -1.59. The van der Waals surface area contributed by atoms with Crippen LogP contribution in [0.25, 0.3) is 0 Å². The Morgan fingerprint density at radius 1 is 1.29 bits per heavy atom. The minimum absolute atomic E-state index is 0.137. The summed E-state index contributed by atoms with van der Waals surface area (Å²) in [6.07, 6.45) is 0.0375. The number of alkyl carbamates (subject to hydrolysis) is 1. The maximum Gasteiger partial charge on any atom is 0.433 e. The van der Waals surface area contributed by atoms with E-state index in [-0.39, 0.29) is 13.2 Å². The highest BCUT2D eigenvalue weighted by Crippen LogP contribution is 1.80. The van der Waals surface area contributed by atoms with Crippen LogP contribution in [-0.4, -0.2) is 38.2 Å². The van der Waals surface area contributed by atoms with Gasteiger partial charge in [-0.15, -0.1) is 0 Å². The molecule has 0 unspecified atom stereocenters. The Balaban J connectivity index is 3.52. The first-order chi connectivity index (χ1) is 6.70. The summed E-state index contributed by atoms with van der Waals surface area (Å²) in [6.45, 7) is 4.11. The Morgan fingerprint density at radius 2 is 1.93 bits per heavy atom. The van der Waals surface area contributed by atoms with Crippen LogP contribution in [0.3, 0.4) is 0 Å². The summed E-state index contributed by atoms with van der Waals surface area (Å²) >= 11 is 0. The van der Waals surface area contributed by atoms with Crippen molar-refractivity contribution in [3.05, 3.63) is 0 Å². The number of ether oxygens (including phenoxy) is 2. The molecule has 0 rings (SSSR count). The summed E-state index contributed by atoms with van der Waals surface area (Å²) < 4.78 is 9.08. The van der Waals surface area contributed by atoms with Crippen molar-refractivity contribution in [3.63, 3.8) is 0 Å². The second-order valence-corrected chi connectivity index (χ2v) is 2.11. The van der Waals surface area contributed by atoms with Crippen molar-refractivity contribution >= 4 is 18.4 Å². The van der Waals surface area contributed by atoms with E-state index in [1.807, 2.05) is 0 Å². The standard InChI is InChI=1S/C8H14N2O4/c1-3-13-7(11)9-5-6-10-8(12)14-4-2/h5H,3-4,6H2,1-2H3,(H,10,12). The molecule has 2 amide bonds. The third kappa shape index (κ3) is 7.08.